The smallest absolute Gasteiger partial charge is 0.412 e. The summed E-state index contributed by atoms with van der Waals surface area (Å²) in [6, 6.07) is 7.03. The minimum atomic E-state index is -3.50. The van der Waals surface area contributed by atoms with Crippen LogP contribution in [0.1, 0.15) is 40.1 Å². The van der Waals surface area contributed by atoms with Gasteiger partial charge in [-0.2, -0.15) is 4.31 Å². The van der Waals surface area contributed by atoms with Crippen LogP contribution in [-0.2, 0) is 25.0 Å². The molecule has 1 aliphatic rings. The molecule has 12 nitrogen and oxygen atoms in total. The van der Waals surface area contributed by atoms with E-state index in [0.717, 1.165) is 33.2 Å². The van der Waals surface area contributed by atoms with Crippen molar-refractivity contribution in [2.24, 2.45) is 0 Å². The van der Waals surface area contributed by atoms with Crippen molar-refractivity contribution in [2.75, 3.05) is 24.7 Å². The van der Waals surface area contributed by atoms with Crippen LogP contribution in [0.5, 0.6) is 0 Å². The SMILES string of the molecule is Cc1noc(C#Cc2nc3sc(C4(C(=O)O)CN(S(C)(=O)=O)C4)nc3s2)c1NC(=O)OC(C)c1ccccc1Cl. The number of carboxylic acids is 1. The number of rotatable bonds is 6. The quantitative estimate of drug-likeness (QED) is 0.300. The molecule has 1 aromatic carbocycles. The molecular formula is C24H20ClN5O7S3. The van der Waals surface area contributed by atoms with Crippen LogP contribution in [0.25, 0.3) is 9.66 Å². The maximum absolute atomic E-state index is 12.5. The zero-order valence-corrected chi connectivity index (χ0v) is 24.3. The minimum Gasteiger partial charge on any atom is -0.480 e. The van der Waals surface area contributed by atoms with Gasteiger partial charge in [0.05, 0.1) is 6.26 Å². The highest BCUT2D eigenvalue weighted by Gasteiger charge is 2.56. The molecule has 1 amide bonds. The Bertz CT molecular complexity index is 1780. The summed E-state index contributed by atoms with van der Waals surface area (Å²) in [6.07, 6.45) is -0.322. The van der Waals surface area contributed by atoms with E-state index in [4.69, 9.17) is 20.9 Å². The number of sulfonamides is 1. The molecular weight excluding hydrogens is 602 g/mol. The molecule has 2 N–H and O–H groups in total. The molecule has 0 radical (unpaired) electrons. The molecule has 1 unspecified atom stereocenters. The Kier molecular flexibility index (Phi) is 7.31. The minimum absolute atomic E-state index is 0.0900. The predicted molar refractivity (Wildman–Crippen MR) is 148 cm³/mol. The van der Waals surface area contributed by atoms with Crippen LogP contribution in [0.2, 0.25) is 5.02 Å². The number of aliphatic carboxylic acids is 1. The Balaban J connectivity index is 1.31. The van der Waals surface area contributed by atoms with E-state index < -0.39 is 33.6 Å². The average Bonchev–Trinajstić information content (AvgIpc) is 3.50. The highest BCUT2D eigenvalue weighted by atomic mass is 35.5. The molecule has 208 valence electrons. The van der Waals surface area contributed by atoms with Crippen molar-refractivity contribution in [3.8, 4) is 11.8 Å². The Hall–Kier alpha value is -3.55. The lowest BCUT2D eigenvalue weighted by Gasteiger charge is -2.43. The first kappa shape index (κ1) is 28.0. The number of hydrogen-bond donors (Lipinski definition) is 2. The fraction of sp³-hybridized carbons (Fsp3) is 0.292. The van der Waals surface area contributed by atoms with Gasteiger partial charge >= 0.3 is 12.1 Å². The van der Waals surface area contributed by atoms with Crippen LogP contribution in [0, 0.1) is 18.8 Å². The van der Waals surface area contributed by atoms with Gasteiger partial charge in [-0.3, -0.25) is 10.1 Å². The lowest BCUT2D eigenvalue weighted by molar-refractivity contribution is -0.148. The molecule has 1 fully saturated rings. The van der Waals surface area contributed by atoms with E-state index in [-0.39, 0.29) is 29.5 Å². The fourth-order valence-electron chi connectivity index (χ4n) is 3.93. The summed E-state index contributed by atoms with van der Waals surface area (Å²) in [5.74, 6) is 4.59. The maximum atomic E-state index is 12.5. The third-order valence-electron chi connectivity index (χ3n) is 6.16. The van der Waals surface area contributed by atoms with Crippen molar-refractivity contribution >= 4 is 71.7 Å². The predicted octanol–water partition coefficient (Wildman–Crippen LogP) is 4.01. The second-order valence-electron chi connectivity index (χ2n) is 8.98. The Labute approximate surface area is 241 Å². The molecule has 0 saturated carbocycles. The number of benzene rings is 1. The monoisotopic (exact) mass is 621 g/mol. The summed E-state index contributed by atoms with van der Waals surface area (Å²) < 4.78 is 35.3. The number of amides is 1. The highest BCUT2D eigenvalue weighted by molar-refractivity contribution is 7.88. The highest BCUT2D eigenvalue weighted by Crippen LogP contribution is 2.41. The van der Waals surface area contributed by atoms with Crippen molar-refractivity contribution in [1.82, 2.24) is 19.4 Å². The van der Waals surface area contributed by atoms with Crippen LogP contribution in [0.3, 0.4) is 0 Å². The first-order valence-corrected chi connectivity index (χ1v) is 15.4. The number of nitrogens with zero attached hydrogens (tertiary/aromatic N) is 4. The van der Waals surface area contributed by atoms with Crippen molar-refractivity contribution < 1.29 is 32.4 Å². The number of anilines is 1. The van der Waals surface area contributed by atoms with Gasteiger partial charge in [0.1, 0.15) is 27.9 Å². The molecule has 0 bridgehead atoms. The van der Waals surface area contributed by atoms with Gasteiger partial charge in [0.25, 0.3) is 0 Å². The first-order chi connectivity index (χ1) is 18.9. The van der Waals surface area contributed by atoms with Gasteiger partial charge in [0.15, 0.2) is 14.7 Å². The molecule has 1 aliphatic heterocycles. The van der Waals surface area contributed by atoms with Crippen molar-refractivity contribution in [1.29, 1.82) is 0 Å². The Morgan fingerprint density at radius 1 is 1.23 bits per heavy atom. The summed E-state index contributed by atoms with van der Waals surface area (Å²) in [6.45, 7) is 2.96. The van der Waals surface area contributed by atoms with E-state index in [2.05, 4.69) is 32.3 Å². The van der Waals surface area contributed by atoms with E-state index in [1.807, 2.05) is 0 Å². The molecule has 1 saturated heterocycles. The summed E-state index contributed by atoms with van der Waals surface area (Å²) >= 11 is 8.41. The first-order valence-electron chi connectivity index (χ1n) is 11.5. The van der Waals surface area contributed by atoms with Gasteiger partial charge in [-0.1, -0.05) is 57.6 Å². The molecule has 1 atom stereocenters. The van der Waals surface area contributed by atoms with Crippen LogP contribution in [0.4, 0.5) is 10.5 Å². The number of aromatic nitrogens is 3. The van der Waals surface area contributed by atoms with E-state index in [1.165, 1.54) is 0 Å². The number of hydrogen-bond acceptors (Lipinski definition) is 11. The van der Waals surface area contributed by atoms with Crippen LogP contribution in [0.15, 0.2) is 28.8 Å². The van der Waals surface area contributed by atoms with E-state index >= 15 is 0 Å². The molecule has 0 spiro atoms. The Morgan fingerprint density at radius 3 is 2.58 bits per heavy atom. The third kappa shape index (κ3) is 5.28. The number of aryl methyl sites for hydroxylation is 1. The second-order valence-corrected chi connectivity index (χ2v) is 13.3. The van der Waals surface area contributed by atoms with Gasteiger partial charge in [-0.05, 0) is 31.8 Å². The van der Waals surface area contributed by atoms with E-state index in [1.54, 1.807) is 38.1 Å². The maximum Gasteiger partial charge on any atom is 0.412 e. The van der Waals surface area contributed by atoms with Gasteiger partial charge in [-0.15, -0.1) is 0 Å². The van der Waals surface area contributed by atoms with Gasteiger partial charge in [0.2, 0.25) is 15.8 Å². The van der Waals surface area contributed by atoms with Crippen molar-refractivity contribution in [3.63, 3.8) is 0 Å². The molecule has 5 rings (SSSR count). The van der Waals surface area contributed by atoms with Gasteiger partial charge in [-0.25, -0.2) is 23.2 Å². The Morgan fingerprint density at radius 2 is 1.93 bits per heavy atom. The molecule has 3 aromatic heterocycles. The van der Waals surface area contributed by atoms with E-state index in [9.17, 15) is 23.1 Å². The number of carboxylic acid groups (broad SMARTS) is 1. The lowest BCUT2D eigenvalue weighted by atomic mass is 9.82. The summed E-state index contributed by atoms with van der Waals surface area (Å²) in [5, 5.41) is 17.4. The fourth-order valence-corrected chi connectivity index (χ4v) is 7.18. The number of ether oxygens (including phenoxy) is 1. The number of nitrogens with one attached hydrogen (secondary N) is 1. The normalized spacial score (nSPS) is 15.6. The molecule has 4 aromatic rings. The summed E-state index contributed by atoms with van der Waals surface area (Å²) in [5.41, 5.74) is -0.121. The van der Waals surface area contributed by atoms with E-state index in [0.29, 0.717) is 30.9 Å². The second kappa shape index (κ2) is 10.5. The van der Waals surface area contributed by atoms with Gasteiger partial charge in [0, 0.05) is 23.7 Å². The number of halogens is 1. The molecule has 16 heteroatoms. The van der Waals surface area contributed by atoms with Crippen molar-refractivity contribution in [2.45, 2.75) is 25.4 Å². The van der Waals surface area contributed by atoms with Crippen LogP contribution < -0.4 is 5.32 Å². The largest absolute Gasteiger partial charge is 0.480 e. The van der Waals surface area contributed by atoms with Crippen LogP contribution >= 0.6 is 34.3 Å². The number of carbonyl (C=O) groups excluding carboxylic acids is 1. The number of thiazole rings is 2. The molecule has 0 aliphatic carbocycles. The summed E-state index contributed by atoms with van der Waals surface area (Å²) in [4.78, 5) is 34.3. The number of fused-ring (bicyclic) bond motifs is 1. The number of carbonyl (C=O) groups is 2. The average molecular weight is 622 g/mol. The summed E-state index contributed by atoms with van der Waals surface area (Å²) in [7, 11) is -3.50. The molecule has 40 heavy (non-hydrogen) atoms. The van der Waals surface area contributed by atoms with Gasteiger partial charge < -0.3 is 14.4 Å². The zero-order valence-electron chi connectivity index (χ0n) is 21.1. The van der Waals surface area contributed by atoms with Crippen LogP contribution in [-0.4, -0.2) is 64.4 Å². The zero-order chi connectivity index (χ0) is 28.8. The molecule has 4 heterocycles. The lowest BCUT2D eigenvalue weighted by Crippen LogP contribution is -2.64. The topological polar surface area (TPSA) is 165 Å². The third-order valence-corrected chi connectivity index (χ3v) is 9.84. The standard InChI is InChI=1S/C24H20ClN5O7S3/c1-12-18(27-23(33)36-13(2)14-6-4-5-7-15(14)25)16(37-29-12)8-9-17-26-19-20(38-17)28-21(39-19)24(22(31)32)10-30(11-24)40(3,34)35/h4-7,13H,10-11H2,1-3H3,(H,27,33)(H,31,32). The van der Waals surface area contributed by atoms with Crippen molar-refractivity contribution in [3.05, 3.63) is 56.3 Å².